The average molecular weight is 259 g/mol. The maximum absolute atomic E-state index is 11.7. The lowest BCUT2D eigenvalue weighted by molar-refractivity contribution is -0.137. The van der Waals surface area contributed by atoms with Crippen LogP contribution < -0.4 is 5.32 Å². The normalized spacial score (nSPS) is 15.1. The van der Waals surface area contributed by atoms with Gasteiger partial charge in [0.1, 0.15) is 5.60 Å². The van der Waals surface area contributed by atoms with Crippen LogP contribution in [-0.2, 0) is 9.53 Å². The Hall–Kier alpha value is -1.26. The first kappa shape index (κ1) is 16.7. The molecule has 0 heterocycles. The summed E-state index contributed by atoms with van der Waals surface area (Å²) in [6.45, 7) is 11.2. The van der Waals surface area contributed by atoms with Gasteiger partial charge in [-0.2, -0.15) is 0 Å². The third-order valence-electron chi connectivity index (χ3n) is 2.78. The summed E-state index contributed by atoms with van der Waals surface area (Å²) in [6, 6.07) is -0.419. The van der Waals surface area contributed by atoms with Crippen LogP contribution in [0.4, 0.5) is 4.79 Å². The number of carboxylic acid groups (broad SMARTS) is 1. The van der Waals surface area contributed by atoms with Crippen molar-refractivity contribution in [2.45, 2.75) is 59.6 Å². The van der Waals surface area contributed by atoms with Crippen LogP contribution in [-0.4, -0.2) is 28.8 Å². The minimum absolute atomic E-state index is 0.0635. The number of rotatable bonds is 5. The Morgan fingerprint density at radius 1 is 1.22 bits per heavy atom. The Balaban J connectivity index is 4.59. The van der Waals surface area contributed by atoms with Crippen molar-refractivity contribution in [2.24, 2.45) is 11.8 Å². The monoisotopic (exact) mass is 259 g/mol. The molecule has 0 bridgehead atoms. The second-order valence-corrected chi connectivity index (χ2v) is 5.95. The van der Waals surface area contributed by atoms with Crippen molar-refractivity contribution in [2.75, 3.05) is 0 Å². The molecule has 2 atom stereocenters. The number of carbonyl (C=O) groups excluding carboxylic acids is 1. The number of hydrogen-bond donors (Lipinski definition) is 2. The molecule has 0 saturated carbocycles. The highest BCUT2D eigenvalue weighted by molar-refractivity contribution is 5.71. The first-order chi connectivity index (χ1) is 8.03. The lowest BCUT2D eigenvalue weighted by Gasteiger charge is -2.28. The van der Waals surface area contributed by atoms with Gasteiger partial charge in [-0.3, -0.25) is 4.79 Å². The van der Waals surface area contributed by atoms with Crippen LogP contribution >= 0.6 is 0 Å². The van der Waals surface area contributed by atoms with Crippen LogP contribution in [0.1, 0.15) is 48.0 Å². The number of ether oxygens (including phenoxy) is 1. The third-order valence-corrected chi connectivity index (χ3v) is 2.78. The van der Waals surface area contributed by atoms with Crippen molar-refractivity contribution in [3.63, 3.8) is 0 Å². The molecule has 0 aliphatic carbocycles. The molecule has 0 aliphatic rings. The highest BCUT2D eigenvalue weighted by atomic mass is 16.6. The predicted octanol–water partition coefficient (Wildman–Crippen LogP) is 2.65. The molecule has 0 fully saturated rings. The van der Waals surface area contributed by atoms with E-state index < -0.39 is 23.7 Å². The van der Waals surface area contributed by atoms with Crippen molar-refractivity contribution in [1.29, 1.82) is 0 Å². The van der Waals surface area contributed by atoms with Crippen LogP contribution in [0.5, 0.6) is 0 Å². The second kappa shape index (κ2) is 6.61. The van der Waals surface area contributed by atoms with E-state index in [-0.39, 0.29) is 18.3 Å². The minimum Gasteiger partial charge on any atom is -0.481 e. The molecule has 106 valence electrons. The SMILES string of the molecule is CC(C)C(C)[C@@H](CC(=O)O)NC(=O)OC(C)(C)C. The molecule has 0 aliphatic heterocycles. The average Bonchev–Trinajstić information content (AvgIpc) is 2.11. The van der Waals surface area contributed by atoms with Crippen LogP contribution in [0.25, 0.3) is 0 Å². The van der Waals surface area contributed by atoms with E-state index in [0.29, 0.717) is 0 Å². The van der Waals surface area contributed by atoms with E-state index in [1.807, 2.05) is 20.8 Å². The summed E-state index contributed by atoms with van der Waals surface area (Å²) in [7, 11) is 0. The number of amides is 1. The molecule has 0 rings (SSSR count). The highest BCUT2D eigenvalue weighted by Gasteiger charge is 2.26. The Kier molecular flexibility index (Phi) is 6.15. The molecular weight excluding hydrogens is 234 g/mol. The summed E-state index contributed by atoms with van der Waals surface area (Å²) in [5.41, 5.74) is -0.584. The van der Waals surface area contributed by atoms with Crippen molar-refractivity contribution in [3.05, 3.63) is 0 Å². The molecule has 0 spiro atoms. The molecule has 0 aromatic carbocycles. The van der Waals surface area contributed by atoms with E-state index in [1.165, 1.54) is 0 Å². The molecule has 0 aromatic rings. The van der Waals surface area contributed by atoms with E-state index in [2.05, 4.69) is 5.32 Å². The molecule has 18 heavy (non-hydrogen) atoms. The van der Waals surface area contributed by atoms with Gasteiger partial charge in [-0.25, -0.2) is 4.79 Å². The summed E-state index contributed by atoms with van der Waals surface area (Å²) >= 11 is 0. The molecule has 0 aromatic heterocycles. The molecule has 0 saturated heterocycles. The zero-order valence-electron chi connectivity index (χ0n) is 12.1. The van der Waals surface area contributed by atoms with Gasteiger partial charge >= 0.3 is 12.1 Å². The fourth-order valence-corrected chi connectivity index (χ4v) is 1.48. The number of aliphatic carboxylic acids is 1. The van der Waals surface area contributed by atoms with Gasteiger partial charge in [0.15, 0.2) is 0 Å². The Morgan fingerprint density at radius 3 is 2.06 bits per heavy atom. The van der Waals surface area contributed by atoms with Gasteiger partial charge in [-0.15, -0.1) is 0 Å². The smallest absolute Gasteiger partial charge is 0.407 e. The van der Waals surface area contributed by atoms with E-state index in [4.69, 9.17) is 9.84 Å². The number of nitrogens with one attached hydrogen (secondary N) is 1. The second-order valence-electron chi connectivity index (χ2n) is 5.95. The Morgan fingerprint density at radius 2 is 1.72 bits per heavy atom. The van der Waals surface area contributed by atoms with Gasteiger partial charge in [-0.05, 0) is 32.6 Å². The van der Waals surface area contributed by atoms with Crippen LogP contribution in [0.3, 0.4) is 0 Å². The van der Waals surface area contributed by atoms with Gasteiger partial charge in [0.2, 0.25) is 0 Å². The zero-order valence-corrected chi connectivity index (χ0v) is 12.1. The summed E-state index contributed by atoms with van der Waals surface area (Å²) < 4.78 is 5.14. The first-order valence-corrected chi connectivity index (χ1v) is 6.24. The number of carbonyl (C=O) groups is 2. The lowest BCUT2D eigenvalue weighted by atomic mass is 9.88. The molecule has 1 amide bonds. The number of carboxylic acids is 1. The first-order valence-electron chi connectivity index (χ1n) is 6.24. The Labute approximate surface area is 109 Å². The number of alkyl carbamates (subject to hydrolysis) is 1. The van der Waals surface area contributed by atoms with Crippen LogP contribution in [0, 0.1) is 11.8 Å². The van der Waals surface area contributed by atoms with E-state index in [9.17, 15) is 9.59 Å². The molecular formula is C13H25NO4. The standard InChI is InChI=1S/C13H25NO4/c1-8(2)9(3)10(7-11(15)16)14-12(17)18-13(4,5)6/h8-10H,7H2,1-6H3,(H,14,17)(H,15,16)/t9?,10-/m1/s1. The fraction of sp³-hybridized carbons (Fsp3) is 0.846. The summed E-state index contributed by atoms with van der Waals surface area (Å²) in [6.07, 6.45) is -0.667. The maximum Gasteiger partial charge on any atom is 0.407 e. The lowest BCUT2D eigenvalue weighted by Crippen LogP contribution is -2.44. The highest BCUT2D eigenvalue weighted by Crippen LogP contribution is 2.18. The van der Waals surface area contributed by atoms with Crippen molar-refractivity contribution in [3.8, 4) is 0 Å². The molecule has 1 unspecified atom stereocenters. The molecule has 0 radical (unpaired) electrons. The predicted molar refractivity (Wildman–Crippen MR) is 69.4 cm³/mol. The number of hydrogen-bond acceptors (Lipinski definition) is 3. The quantitative estimate of drug-likeness (QED) is 0.795. The molecule has 2 N–H and O–H groups in total. The van der Waals surface area contributed by atoms with Gasteiger partial charge in [-0.1, -0.05) is 20.8 Å². The van der Waals surface area contributed by atoms with E-state index in [1.54, 1.807) is 20.8 Å². The van der Waals surface area contributed by atoms with Gasteiger partial charge in [0, 0.05) is 6.04 Å². The maximum atomic E-state index is 11.7. The van der Waals surface area contributed by atoms with E-state index >= 15 is 0 Å². The topological polar surface area (TPSA) is 75.6 Å². The van der Waals surface area contributed by atoms with Crippen LogP contribution in [0.2, 0.25) is 0 Å². The van der Waals surface area contributed by atoms with Crippen LogP contribution in [0.15, 0.2) is 0 Å². The third kappa shape index (κ3) is 7.14. The van der Waals surface area contributed by atoms with Crippen molar-refractivity contribution >= 4 is 12.1 Å². The molecule has 5 nitrogen and oxygen atoms in total. The zero-order chi connectivity index (χ0) is 14.5. The fourth-order valence-electron chi connectivity index (χ4n) is 1.48. The van der Waals surface area contributed by atoms with E-state index in [0.717, 1.165) is 0 Å². The van der Waals surface area contributed by atoms with Gasteiger partial charge < -0.3 is 15.2 Å². The summed E-state index contributed by atoms with van der Waals surface area (Å²) in [5.74, 6) is -0.582. The van der Waals surface area contributed by atoms with Crippen molar-refractivity contribution < 1.29 is 19.4 Å². The molecule has 5 heteroatoms. The summed E-state index contributed by atoms with van der Waals surface area (Å²) in [4.78, 5) is 22.5. The van der Waals surface area contributed by atoms with Crippen molar-refractivity contribution in [1.82, 2.24) is 5.32 Å². The minimum atomic E-state index is -0.927. The Bertz CT molecular complexity index is 294. The van der Waals surface area contributed by atoms with Gasteiger partial charge in [0.25, 0.3) is 0 Å². The largest absolute Gasteiger partial charge is 0.481 e. The summed E-state index contributed by atoms with van der Waals surface area (Å²) in [5, 5.41) is 11.5. The van der Waals surface area contributed by atoms with Gasteiger partial charge in [0.05, 0.1) is 6.42 Å².